The van der Waals surface area contributed by atoms with Gasteiger partial charge in [-0.3, -0.25) is 4.79 Å². The van der Waals surface area contributed by atoms with Crippen LogP contribution in [0.2, 0.25) is 0 Å². The van der Waals surface area contributed by atoms with Crippen LogP contribution >= 0.6 is 11.3 Å². The van der Waals surface area contributed by atoms with Crippen LogP contribution in [0.15, 0.2) is 30.3 Å². The molecule has 3 N–H and O–H groups in total. The molecule has 1 aliphatic rings. The maximum absolute atomic E-state index is 12.4. The molecule has 22 heavy (non-hydrogen) atoms. The van der Waals surface area contributed by atoms with Crippen molar-refractivity contribution in [2.75, 3.05) is 11.1 Å². The van der Waals surface area contributed by atoms with Gasteiger partial charge in [-0.25, -0.2) is 0 Å². The van der Waals surface area contributed by atoms with Gasteiger partial charge in [0.1, 0.15) is 0 Å². The van der Waals surface area contributed by atoms with E-state index in [9.17, 15) is 4.79 Å². The molecule has 0 atom stereocenters. The lowest BCUT2D eigenvalue weighted by molar-refractivity contribution is -0.120. The molecule has 3 nitrogen and oxygen atoms in total. The predicted octanol–water partition coefficient (Wildman–Crippen LogP) is 4.82. The van der Waals surface area contributed by atoms with Crippen molar-refractivity contribution in [3.63, 3.8) is 0 Å². The second-order valence-corrected chi connectivity index (χ2v) is 7.32. The first kappa shape index (κ1) is 15.1. The molecule has 4 heteroatoms. The Morgan fingerprint density at radius 3 is 2.64 bits per heavy atom. The highest BCUT2D eigenvalue weighted by atomic mass is 32.1. The molecule has 0 unspecified atom stereocenters. The zero-order valence-corrected chi connectivity index (χ0v) is 13.7. The predicted molar refractivity (Wildman–Crippen MR) is 94.1 cm³/mol. The number of benzene rings is 1. The minimum Gasteiger partial charge on any atom is -0.397 e. The van der Waals surface area contributed by atoms with Crippen LogP contribution < -0.4 is 11.1 Å². The SMILES string of the molecule is Cc1ccc(-c2ccc(N)c(NC(=O)C3CCCCC3)c2)s1. The number of nitrogens with one attached hydrogen (secondary N) is 1. The summed E-state index contributed by atoms with van der Waals surface area (Å²) >= 11 is 1.75. The molecule has 3 rings (SSSR count). The quantitative estimate of drug-likeness (QED) is 0.798. The van der Waals surface area contributed by atoms with Gasteiger partial charge in [-0.15, -0.1) is 11.3 Å². The van der Waals surface area contributed by atoms with Gasteiger partial charge in [0.2, 0.25) is 5.91 Å². The van der Waals surface area contributed by atoms with Gasteiger partial charge in [0, 0.05) is 15.7 Å². The number of amides is 1. The standard InChI is InChI=1S/C18H22N2OS/c1-12-7-10-17(22-12)14-8-9-15(19)16(11-14)20-18(21)13-5-3-2-4-6-13/h7-11,13H,2-6,19H2,1H3,(H,20,21). The molecule has 1 aromatic heterocycles. The van der Waals surface area contributed by atoms with E-state index >= 15 is 0 Å². The van der Waals surface area contributed by atoms with Crippen LogP contribution in [0.25, 0.3) is 10.4 Å². The summed E-state index contributed by atoms with van der Waals surface area (Å²) in [5.74, 6) is 0.256. The molecule has 0 radical (unpaired) electrons. The highest BCUT2D eigenvalue weighted by Gasteiger charge is 2.21. The Balaban J connectivity index is 1.79. The Bertz CT molecular complexity index is 671. The van der Waals surface area contributed by atoms with Crippen LogP contribution in [0, 0.1) is 12.8 Å². The Kier molecular flexibility index (Phi) is 4.48. The van der Waals surface area contributed by atoms with Crippen molar-refractivity contribution >= 4 is 28.6 Å². The summed E-state index contributed by atoms with van der Waals surface area (Å²) in [5.41, 5.74) is 8.50. The van der Waals surface area contributed by atoms with Gasteiger partial charge in [-0.2, -0.15) is 0 Å². The minimum atomic E-state index is 0.117. The van der Waals surface area contributed by atoms with Crippen LogP contribution in [0.1, 0.15) is 37.0 Å². The Labute approximate surface area is 135 Å². The van der Waals surface area contributed by atoms with Gasteiger partial charge in [0.05, 0.1) is 11.4 Å². The maximum Gasteiger partial charge on any atom is 0.227 e. The highest BCUT2D eigenvalue weighted by Crippen LogP contribution is 2.33. The molecule has 1 aliphatic carbocycles. The number of thiophene rings is 1. The Morgan fingerprint density at radius 1 is 1.18 bits per heavy atom. The normalized spacial score (nSPS) is 15.7. The highest BCUT2D eigenvalue weighted by molar-refractivity contribution is 7.15. The lowest BCUT2D eigenvalue weighted by atomic mass is 9.88. The van der Waals surface area contributed by atoms with Crippen LogP contribution in [0.3, 0.4) is 0 Å². The topological polar surface area (TPSA) is 55.1 Å². The van der Waals surface area contributed by atoms with Gasteiger partial charge < -0.3 is 11.1 Å². The van der Waals surface area contributed by atoms with E-state index in [-0.39, 0.29) is 11.8 Å². The summed E-state index contributed by atoms with van der Waals surface area (Å²) in [7, 11) is 0. The van der Waals surface area contributed by atoms with E-state index in [1.54, 1.807) is 11.3 Å². The average Bonchev–Trinajstić information content (AvgIpc) is 2.97. The second-order valence-electron chi connectivity index (χ2n) is 6.04. The fraction of sp³-hybridized carbons (Fsp3) is 0.389. The zero-order valence-electron chi connectivity index (χ0n) is 12.9. The largest absolute Gasteiger partial charge is 0.397 e. The molecule has 0 aliphatic heterocycles. The van der Waals surface area contributed by atoms with Gasteiger partial charge in [0.25, 0.3) is 0 Å². The molecular formula is C18H22N2OS. The summed E-state index contributed by atoms with van der Waals surface area (Å²) in [6.45, 7) is 2.09. The first-order valence-electron chi connectivity index (χ1n) is 7.90. The summed E-state index contributed by atoms with van der Waals surface area (Å²) in [4.78, 5) is 14.9. The number of aryl methyl sites for hydroxylation is 1. The molecule has 0 spiro atoms. The molecule has 1 heterocycles. The van der Waals surface area contributed by atoms with Gasteiger partial charge in [-0.1, -0.05) is 25.3 Å². The molecule has 116 valence electrons. The molecular weight excluding hydrogens is 292 g/mol. The fourth-order valence-corrected chi connectivity index (χ4v) is 3.87. The Morgan fingerprint density at radius 2 is 1.95 bits per heavy atom. The van der Waals surface area contributed by atoms with Crippen molar-refractivity contribution in [3.8, 4) is 10.4 Å². The molecule has 1 saturated carbocycles. The summed E-state index contributed by atoms with van der Waals surface area (Å²) in [6.07, 6.45) is 5.55. The van der Waals surface area contributed by atoms with Crippen LogP contribution in [0.5, 0.6) is 0 Å². The third kappa shape index (κ3) is 3.33. The first-order valence-corrected chi connectivity index (χ1v) is 8.72. The number of hydrogen-bond donors (Lipinski definition) is 2. The summed E-state index contributed by atoms with van der Waals surface area (Å²) in [5, 5.41) is 3.04. The van der Waals surface area contributed by atoms with Crippen molar-refractivity contribution in [3.05, 3.63) is 35.2 Å². The number of carbonyl (C=O) groups excluding carboxylic acids is 1. The van der Waals surface area contributed by atoms with Crippen molar-refractivity contribution in [2.45, 2.75) is 39.0 Å². The molecule has 1 amide bonds. The molecule has 1 fully saturated rings. The Hall–Kier alpha value is -1.81. The van der Waals surface area contributed by atoms with E-state index in [0.717, 1.165) is 36.9 Å². The van der Waals surface area contributed by atoms with E-state index < -0.39 is 0 Å². The zero-order chi connectivity index (χ0) is 15.5. The second kappa shape index (κ2) is 6.53. The smallest absolute Gasteiger partial charge is 0.227 e. The summed E-state index contributed by atoms with van der Waals surface area (Å²) in [6, 6.07) is 10.1. The van der Waals surface area contributed by atoms with Crippen LogP contribution in [-0.4, -0.2) is 5.91 Å². The molecule has 2 aromatic rings. The molecule has 1 aromatic carbocycles. The van der Waals surface area contributed by atoms with E-state index in [2.05, 4.69) is 24.4 Å². The molecule has 0 bridgehead atoms. The minimum absolute atomic E-state index is 0.117. The number of anilines is 2. The van der Waals surface area contributed by atoms with Crippen molar-refractivity contribution < 1.29 is 4.79 Å². The third-order valence-electron chi connectivity index (χ3n) is 4.31. The number of rotatable bonds is 3. The lowest BCUT2D eigenvalue weighted by Crippen LogP contribution is -2.25. The number of hydrogen-bond acceptors (Lipinski definition) is 3. The first-order chi connectivity index (χ1) is 10.6. The maximum atomic E-state index is 12.4. The van der Waals surface area contributed by atoms with Crippen molar-refractivity contribution in [1.82, 2.24) is 0 Å². The number of carbonyl (C=O) groups is 1. The van der Waals surface area contributed by atoms with Crippen molar-refractivity contribution in [1.29, 1.82) is 0 Å². The summed E-state index contributed by atoms with van der Waals surface area (Å²) < 4.78 is 0. The van der Waals surface area contributed by atoms with E-state index in [1.165, 1.54) is 16.2 Å². The third-order valence-corrected chi connectivity index (χ3v) is 5.36. The number of nitrogens with two attached hydrogens (primary N) is 1. The van der Waals surface area contributed by atoms with Gasteiger partial charge in [-0.05, 0) is 49.6 Å². The molecule has 0 saturated heterocycles. The van der Waals surface area contributed by atoms with Gasteiger partial charge >= 0.3 is 0 Å². The van der Waals surface area contributed by atoms with Gasteiger partial charge in [0.15, 0.2) is 0 Å². The lowest BCUT2D eigenvalue weighted by Gasteiger charge is -2.21. The average molecular weight is 314 g/mol. The van der Waals surface area contributed by atoms with Crippen molar-refractivity contribution in [2.24, 2.45) is 5.92 Å². The van der Waals surface area contributed by atoms with E-state index in [1.807, 2.05) is 18.2 Å². The monoisotopic (exact) mass is 314 g/mol. The van der Waals surface area contributed by atoms with E-state index in [0.29, 0.717) is 5.69 Å². The van der Waals surface area contributed by atoms with Crippen LogP contribution in [-0.2, 0) is 4.79 Å². The fourth-order valence-electron chi connectivity index (χ4n) is 3.01. The van der Waals surface area contributed by atoms with E-state index in [4.69, 9.17) is 5.73 Å². The van der Waals surface area contributed by atoms with Crippen LogP contribution in [0.4, 0.5) is 11.4 Å². The number of nitrogen functional groups attached to an aromatic ring is 1.